The number of nitrogens with one attached hydrogen (secondary N) is 1. The molecule has 1 aromatic rings. The molecule has 1 N–H and O–H groups in total. The van der Waals surface area contributed by atoms with Crippen molar-refractivity contribution in [2.45, 2.75) is 77.7 Å². The summed E-state index contributed by atoms with van der Waals surface area (Å²) < 4.78 is 0. The summed E-state index contributed by atoms with van der Waals surface area (Å²) in [6, 6.07) is 0.423. The number of aromatic nitrogens is 2. The van der Waals surface area contributed by atoms with Gasteiger partial charge in [0.2, 0.25) is 0 Å². The Balaban J connectivity index is 2.24. The van der Waals surface area contributed by atoms with Crippen LogP contribution in [-0.2, 0) is 0 Å². The molecule has 1 aromatic heterocycles. The molecule has 114 valence electrons. The van der Waals surface area contributed by atoms with E-state index in [2.05, 4.69) is 29.1 Å². The fourth-order valence-electron chi connectivity index (χ4n) is 2.50. The highest BCUT2D eigenvalue weighted by atomic mass is 14.9. The standard InChI is InChI=1S/C17H31N3/c1-3-5-6-7-8-9-10-11-17(20-12-4-2)16-13-18-15-19-14-16/h13-15,17,20H,3-12H2,1-2H3. The van der Waals surface area contributed by atoms with Gasteiger partial charge in [0, 0.05) is 24.0 Å². The average Bonchev–Trinajstić information content (AvgIpc) is 2.50. The third-order valence-electron chi connectivity index (χ3n) is 3.72. The van der Waals surface area contributed by atoms with Crippen molar-refractivity contribution in [1.82, 2.24) is 15.3 Å². The van der Waals surface area contributed by atoms with Crippen LogP contribution in [0, 0.1) is 0 Å². The third kappa shape index (κ3) is 7.59. The van der Waals surface area contributed by atoms with E-state index < -0.39 is 0 Å². The lowest BCUT2D eigenvalue weighted by Crippen LogP contribution is -2.22. The first-order chi connectivity index (χ1) is 9.88. The minimum atomic E-state index is 0.423. The smallest absolute Gasteiger partial charge is 0.115 e. The average molecular weight is 277 g/mol. The molecule has 0 saturated heterocycles. The zero-order valence-electron chi connectivity index (χ0n) is 13.3. The number of hydrogen-bond acceptors (Lipinski definition) is 3. The van der Waals surface area contributed by atoms with E-state index in [-0.39, 0.29) is 0 Å². The molecule has 0 aliphatic rings. The second-order valence-corrected chi connectivity index (χ2v) is 5.59. The summed E-state index contributed by atoms with van der Waals surface area (Å²) in [5.41, 5.74) is 1.23. The first-order valence-corrected chi connectivity index (χ1v) is 8.36. The second-order valence-electron chi connectivity index (χ2n) is 5.59. The van der Waals surface area contributed by atoms with Crippen LogP contribution in [0.2, 0.25) is 0 Å². The molecule has 0 aromatic carbocycles. The van der Waals surface area contributed by atoms with Crippen molar-refractivity contribution in [3.63, 3.8) is 0 Å². The molecule has 1 unspecified atom stereocenters. The van der Waals surface area contributed by atoms with Crippen molar-refractivity contribution >= 4 is 0 Å². The van der Waals surface area contributed by atoms with Gasteiger partial charge in [-0.1, -0.05) is 58.8 Å². The lowest BCUT2D eigenvalue weighted by Gasteiger charge is -2.18. The molecule has 0 amide bonds. The Morgan fingerprint density at radius 2 is 1.55 bits per heavy atom. The van der Waals surface area contributed by atoms with Gasteiger partial charge in [0.1, 0.15) is 6.33 Å². The predicted molar refractivity (Wildman–Crippen MR) is 85.7 cm³/mol. The minimum absolute atomic E-state index is 0.423. The zero-order chi connectivity index (χ0) is 14.5. The molecule has 0 saturated carbocycles. The lowest BCUT2D eigenvalue weighted by atomic mass is 10.0. The number of rotatable bonds is 12. The summed E-state index contributed by atoms with van der Waals surface area (Å²) in [7, 11) is 0. The molecule has 1 rings (SSSR count). The molecule has 20 heavy (non-hydrogen) atoms. The summed E-state index contributed by atoms with van der Waals surface area (Å²) in [6.07, 6.45) is 17.4. The molecule has 0 spiro atoms. The SMILES string of the molecule is CCCCCCCCCC(NCCC)c1cncnc1. The number of hydrogen-bond donors (Lipinski definition) is 1. The van der Waals surface area contributed by atoms with Crippen molar-refractivity contribution in [3.8, 4) is 0 Å². The van der Waals surface area contributed by atoms with Gasteiger partial charge in [-0.15, -0.1) is 0 Å². The van der Waals surface area contributed by atoms with E-state index in [1.807, 2.05) is 12.4 Å². The molecule has 3 nitrogen and oxygen atoms in total. The number of nitrogens with zero attached hydrogens (tertiary/aromatic N) is 2. The first kappa shape index (κ1) is 17.1. The molecule has 0 aliphatic carbocycles. The quantitative estimate of drug-likeness (QED) is 0.565. The van der Waals surface area contributed by atoms with E-state index in [0.717, 1.165) is 6.54 Å². The van der Waals surface area contributed by atoms with Crippen molar-refractivity contribution in [1.29, 1.82) is 0 Å². The van der Waals surface area contributed by atoms with E-state index in [4.69, 9.17) is 0 Å². The molecule has 1 heterocycles. The maximum atomic E-state index is 4.14. The van der Waals surface area contributed by atoms with Crippen molar-refractivity contribution in [3.05, 3.63) is 24.3 Å². The van der Waals surface area contributed by atoms with Gasteiger partial charge in [-0.2, -0.15) is 0 Å². The van der Waals surface area contributed by atoms with Crippen molar-refractivity contribution in [2.75, 3.05) is 6.54 Å². The normalized spacial score (nSPS) is 12.5. The molecule has 0 bridgehead atoms. The van der Waals surface area contributed by atoms with Crippen LogP contribution in [0.5, 0.6) is 0 Å². The maximum absolute atomic E-state index is 4.14. The Kier molecular flexibility index (Phi) is 10.1. The molecular formula is C17H31N3. The van der Waals surface area contributed by atoms with Gasteiger partial charge < -0.3 is 5.32 Å². The molecular weight excluding hydrogens is 246 g/mol. The van der Waals surface area contributed by atoms with E-state index in [9.17, 15) is 0 Å². The molecule has 0 fully saturated rings. The van der Waals surface area contributed by atoms with Gasteiger partial charge in [-0.05, 0) is 19.4 Å². The fourth-order valence-corrected chi connectivity index (χ4v) is 2.50. The minimum Gasteiger partial charge on any atom is -0.310 e. The Labute approximate surface area is 124 Å². The van der Waals surface area contributed by atoms with Crippen LogP contribution in [0.3, 0.4) is 0 Å². The summed E-state index contributed by atoms with van der Waals surface area (Å²) in [5, 5.41) is 3.62. The molecule has 1 atom stereocenters. The largest absolute Gasteiger partial charge is 0.310 e. The van der Waals surface area contributed by atoms with Gasteiger partial charge in [0.25, 0.3) is 0 Å². The Bertz CT molecular complexity index is 313. The van der Waals surface area contributed by atoms with Crippen molar-refractivity contribution < 1.29 is 0 Å². The van der Waals surface area contributed by atoms with Gasteiger partial charge in [-0.3, -0.25) is 0 Å². The Morgan fingerprint density at radius 3 is 2.20 bits per heavy atom. The summed E-state index contributed by atoms with van der Waals surface area (Å²) in [6.45, 7) is 5.54. The van der Waals surface area contributed by atoms with Gasteiger partial charge in [-0.25, -0.2) is 9.97 Å². The lowest BCUT2D eigenvalue weighted by molar-refractivity contribution is 0.463. The van der Waals surface area contributed by atoms with Crippen LogP contribution < -0.4 is 5.32 Å². The highest BCUT2D eigenvalue weighted by Gasteiger charge is 2.10. The Morgan fingerprint density at radius 1 is 0.900 bits per heavy atom. The highest BCUT2D eigenvalue weighted by Crippen LogP contribution is 2.19. The number of unbranched alkanes of at least 4 members (excludes halogenated alkanes) is 6. The molecule has 3 heteroatoms. The van der Waals surface area contributed by atoms with E-state index >= 15 is 0 Å². The second kappa shape index (κ2) is 11.8. The highest BCUT2D eigenvalue weighted by molar-refractivity contribution is 5.08. The monoisotopic (exact) mass is 277 g/mol. The molecule has 0 aliphatic heterocycles. The van der Waals surface area contributed by atoms with Crippen LogP contribution in [0.25, 0.3) is 0 Å². The van der Waals surface area contributed by atoms with Crippen molar-refractivity contribution in [2.24, 2.45) is 0 Å². The van der Waals surface area contributed by atoms with E-state index in [1.165, 1.54) is 63.4 Å². The van der Waals surface area contributed by atoms with Gasteiger partial charge >= 0.3 is 0 Å². The van der Waals surface area contributed by atoms with E-state index in [0.29, 0.717) is 6.04 Å². The topological polar surface area (TPSA) is 37.8 Å². The van der Waals surface area contributed by atoms with Crippen LogP contribution in [0.4, 0.5) is 0 Å². The van der Waals surface area contributed by atoms with Gasteiger partial charge in [0.05, 0.1) is 0 Å². The van der Waals surface area contributed by atoms with E-state index in [1.54, 1.807) is 6.33 Å². The van der Waals surface area contributed by atoms with Crippen LogP contribution in [-0.4, -0.2) is 16.5 Å². The van der Waals surface area contributed by atoms with Gasteiger partial charge in [0.15, 0.2) is 0 Å². The summed E-state index contributed by atoms with van der Waals surface area (Å²) in [5.74, 6) is 0. The first-order valence-electron chi connectivity index (χ1n) is 8.36. The fraction of sp³-hybridized carbons (Fsp3) is 0.765. The summed E-state index contributed by atoms with van der Waals surface area (Å²) >= 11 is 0. The van der Waals surface area contributed by atoms with Crippen LogP contribution >= 0.6 is 0 Å². The molecule has 0 radical (unpaired) electrons. The maximum Gasteiger partial charge on any atom is 0.115 e. The Hall–Kier alpha value is -0.960. The van der Waals surface area contributed by atoms with Crippen LogP contribution in [0.15, 0.2) is 18.7 Å². The van der Waals surface area contributed by atoms with Crippen LogP contribution in [0.1, 0.15) is 83.2 Å². The predicted octanol–water partition coefficient (Wildman–Crippen LogP) is 4.66. The zero-order valence-corrected chi connectivity index (χ0v) is 13.3. The third-order valence-corrected chi connectivity index (χ3v) is 3.72. The summed E-state index contributed by atoms with van der Waals surface area (Å²) in [4.78, 5) is 8.28.